The Morgan fingerprint density at radius 2 is 1.81 bits per heavy atom. The van der Waals surface area contributed by atoms with Crippen LogP contribution in [0.15, 0.2) is 54.1 Å². The van der Waals surface area contributed by atoms with Crippen LogP contribution in [0.1, 0.15) is 5.56 Å². The van der Waals surface area contributed by atoms with Gasteiger partial charge in [0.05, 0.1) is 6.61 Å². The van der Waals surface area contributed by atoms with Crippen LogP contribution in [-0.2, 0) is 0 Å². The second kappa shape index (κ2) is 9.14. The van der Waals surface area contributed by atoms with E-state index in [4.69, 9.17) is 15.6 Å². The van der Waals surface area contributed by atoms with E-state index in [1.807, 2.05) is 48.4 Å². The maximum atomic E-state index is 8.89. The SMILES string of the molecule is CN(CCO)c1ccc(/C=C/C=C/C=C(C#N)C#N)cc1. The molecule has 4 nitrogen and oxygen atoms in total. The summed E-state index contributed by atoms with van der Waals surface area (Å²) >= 11 is 0. The molecule has 0 spiro atoms. The summed E-state index contributed by atoms with van der Waals surface area (Å²) < 4.78 is 0. The lowest BCUT2D eigenvalue weighted by Gasteiger charge is -2.17. The molecule has 21 heavy (non-hydrogen) atoms. The van der Waals surface area contributed by atoms with Crippen molar-refractivity contribution in [2.75, 3.05) is 25.1 Å². The monoisotopic (exact) mass is 279 g/mol. The highest BCUT2D eigenvalue weighted by Crippen LogP contribution is 2.14. The maximum Gasteiger partial charge on any atom is 0.129 e. The molecule has 0 unspecified atom stereocenters. The van der Waals surface area contributed by atoms with Gasteiger partial charge in [0.1, 0.15) is 17.7 Å². The average Bonchev–Trinajstić information content (AvgIpc) is 2.52. The first-order valence-corrected chi connectivity index (χ1v) is 6.48. The summed E-state index contributed by atoms with van der Waals surface area (Å²) in [5.41, 5.74) is 2.17. The Labute approximate surface area is 125 Å². The van der Waals surface area contributed by atoms with Crippen LogP contribution in [0.2, 0.25) is 0 Å². The van der Waals surface area contributed by atoms with Crippen LogP contribution in [0.4, 0.5) is 5.69 Å². The van der Waals surface area contributed by atoms with Crippen molar-refractivity contribution in [3.63, 3.8) is 0 Å². The zero-order chi connectivity index (χ0) is 15.5. The van der Waals surface area contributed by atoms with Gasteiger partial charge in [0.2, 0.25) is 0 Å². The average molecular weight is 279 g/mol. The summed E-state index contributed by atoms with van der Waals surface area (Å²) in [7, 11) is 1.93. The van der Waals surface area contributed by atoms with Crippen LogP contribution < -0.4 is 4.90 Å². The lowest BCUT2D eigenvalue weighted by molar-refractivity contribution is 0.304. The highest BCUT2D eigenvalue weighted by Gasteiger charge is 1.98. The number of hydrogen-bond acceptors (Lipinski definition) is 4. The molecule has 0 aliphatic rings. The molecule has 106 valence electrons. The van der Waals surface area contributed by atoms with Crippen LogP contribution in [-0.4, -0.2) is 25.3 Å². The summed E-state index contributed by atoms with van der Waals surface area (Å²) in [5, 5.41) is 26.0. The number of rotatable bonds is 6. The number of hydrogen-bond donors (Lipinski definition) is 1. The summed E-state index contributed by atoms with van der Waals surface area (Å²) in [6.45, 7) is 0.730. The number of likely N-dealkylation sites (N-methyl/N-ethyl adjacent to an activating group) is 1. The molecule has 1 N–H and O–H groups in total. The van der Waals surface area contributed by atoms with Gasteiger partial charge in [0.15, 0.2) is 0 Å². The van der Waals surface area contributed by atoms with Crippen molar-refractivity contribution in [3.8, 4) is 12.1 Å². The molecule has 1 aromatic carbocycles. The second-order valence-electron chi connectivity index (χ2n) is 4.28. The largest absolute Gasteiger partial charge is 0.395 e. The van der Waals surface area contributed by atoms with Crippen LogP contribution in [0, 0.1) is 22.7 Å². The van der Waals surface area contributed by atoms with Crippen molar-refractivity contribution in [2.24, 2.45) is 0 Å². The minimum absolute atomic E-state index is 0.0796. The van der Waals surface area contributed by atoms with Crippen LogP contribution in [0.25, 0.3) is 6.08 Å². The van der Waals surface area contributed by atoms with E-state index in [1.165, 1.54) is 6.08 Å². The topological polar surface area (TPSA) is 71.0 Å². The molecule has 0 heterocycles. The molecule has 0 amide bonds. The smallest absolute Gasteiger partial charge is 0.129 e. The number of aliphatic hydroxyl groups excluding tert-OH is 1. The predicted octanol–water partition coefficient (Wildman–Crippen LogP) is 2.66. The molecule has 4 heteroatoms. The first-order valence-electron chi connectivity index (χ1n) is 6.48. The highest BCUT2D eigenvalue weighted by atomic mass is 16.3. The lowest BCUT2D eigenvalue weighted by atomic mass is 10.2. The summed E-state index contributed by atoms with van der Waals surface area (Å²) in [6.07, 6.45) is 8.66. The third-order valence-corrected chi connectivity index (χ3v) is 2.78. The van der Waals surface area contributed by atoms with E-state index in [2.05, 4.69) is 0 Å². The summed E-state index contributed by atoms with van der Waals surface area (Å²) in [6, 6.07) is 11.5. The van der Waals surface area contributed by atoms with Gasteiger partial charge in [-0.1, -0.05) is 36.4 Å². The summed E-state index contributed by atoms with van der Waals surface area (Å²) in [4.78, 5) is 1.98. The molecule has 0 aromatic heterocycles. The fourth-order valence-electron chi connectivity index (χ4n) is 1.60. The number of aliphatic hydroxyl groups is 1. The van der Waals surface area contributed by atoms with Crippen molar-refractivity contribution in [1.82, 2.24) is 0 Å². The number of anilines is 1. The molecule has 0 bridgehead atoms. The van der Waals surface area contributed by atoms with Gasteiger partial charge < -0.3 is 10.0 Å². The Morgan fingerprint density at radius 3 is 2.38 bits per heavy atom. The molecule has 0 saturated carbocycles. The van der Waals surface area contributed by atoms with E-state index in [0.29, 0.717) is 6.54 Å². The Hall–Kier alpha value is -2.82. The van der Waals surface area contributed by atoms with Gasteiger partial charge in [0, 0.05) is 19.3 Å². The molecule has 1 rings (SSSR count). The quantitative estimate of drug-likeness (QED) is 0.642. The first kappa shape index (κ1) is 16.2. The minimum Gasteiger partial charge on any atom is -0.395 e. The van der Waals surface area contributed by atoms with E-state index in [9.17, 15) is 0 Å². The van der Waals surface area contributed by atoms with Crippen molar-refractivity contribution in [1.29, 1.82) is 10.5 Å². The fraction of sp³-hybridized carbons (Fsp3) is 0.176. The third kappa shape index (κ3) is 5.78. The normalized spacial score (nSPS) is 10.3. The van der Waals surface area contributed by atoms with Gasteiger partial charge in [-0.05, 0) is 23.8 Å². The first-order chi connectivity index (χ1) is 10.2. The lowest BCUT2D eigenvalue weighted by Crippen LogP contribution is -2.20. The van der Waals surface area contributed by atoms with Crippen molar-refractivity contribution < 1.29 is 5.11 Å². The van der Waals surface area contributed by atoms with E-state index >= 15 is 0 Å². The van der Waals surface area contributed by atoms with Gasteiger partial charge in [-0.2, -0.15) is 10.5 Å². The second-order valence-corrected chi connectivity index (χ2v) is 4.28. The molecule has 0 radical (unpaired) electrons. The molecule has 1 aromatic rings. The zero-order valence-corrected chi connectivity index (χ0v) is 11.9. The molecule has 0 saturated heterocycles. The Kier molecular flexibility index (Phi) is 7.07. The van der Waals surface area contributed by atoms with E-state index in [-0.39, 0.29) is 12.2 Å². The minimum atomic E-state index is 0.0796. The molecular formula is C17H17N3O. The van der Waals surface area contributed by atoms with E-state index in [0.717, 1.165) is 11.3 Å². The standard InChI is InChI=1S/C17H17N3O/c1-20(11-12-21)17-9-7-15(8-10-17)5-3-2-4-6-16(13-18)14-19/h2-10,21H,11-12H2,1H3/b4-2+,5-3+. The molecular weight excluding hydrogens is 262 g/mol. The van der Waals surface area contributed by atoms with Gasteiger partial charge >= 0.3 is 0 Å². The van der Waals surface area contributed by atoms with Gasteiger partial charge in [-0.3, -0.25) is 0 Å². The zero-order valence-electron chi connectivity index (χ0n) is 11.9. The number of benzene rings is 1. The highest BCUT2D eigenvalue weighted by molar-refractivity contribution is 5.56. The van der Waals surface area contributed by atoms with Crippen molar-refractivity contribution in [3.05, 3.63) is 59.7 Å². The number of nitriles is 2. The molecule has 0 atom stereocenters. The third-order valence-electron chi connectivity index (χ3n) is 2.78. The number of allylic oxidation sites excluding steroid dienone is 5. The van der Waals surface area contributed by atoms with Gasteiger partial charge in [-0.15, -0.1) is 0 Å². The van der Waals surface area contributed by atoms with Crippen molar-refractivity contribution in [2.45, 2.75) is 0 Å². The molecule has 0 aliphatic carbocycles. The van der Waals surface area contributed by atoms with Crippen molar-refractivity contribution >= 4 is 11.8 Å². The molecule has 0 aliphatic heterocycles. The van der Waals surface area contributed by atoms with Crippen LogP contribution in [0.3, 0.4) is 0 Å². The number of nitrogens with zero attached hydrogens (tertiary/aromatic N) is 3. The Morgan fingerprint density at radius 1 is 1.14 bits per heavy atom. The van der Waals surface area contributed by atoms with Gasteiger partial charge in [-0.25, -0.2) is 0 Å². The fourth-order valence-corrected chi connectivity index (χ4v) is 1.60. The van der Waals surface area contributed by atoms with Crippen LogP contribution >= 0.6 is 0 Å². The molecule has 0 fully saturated rings. The van der Waals surface area contributed by atoms with E-state index in [1.54, 1.807) is 24.3 Å². The Balaban J connectivity index is 2.62. The van der Waals surface area contributed by atoms with Crippen LogP contribution in [0.5, 0.6) is 0 Å². The summed E-state index contributed by atoms with van der Waals surface area (Å²) in [5.74, 6) is 0. The van der Waals surface area contributed by atoms with Gasteiger partial charge in [0.25, 0.3) is 0 Å². The Bertz CT molecular complexity index is 597. The predicted molar refractivity (Wildman–Crippen MR) is 84.3 cm³/mol. The van der Waals surface area contributed by atoms with E-state index < -0.39 is 0 Å². The maximum absolute atomic E-state index is 8.89.